The Morgan fingerprint density at radius 1 is 1.53 bits per heavy atom. The molecule has 0 aliphatic heterocycles. The summed E-state index contributed by atoms with van der Waals surface area (Å²) in [6, 6.07) is 1.77. The van der Waals surface area contributed by atoms with E-state index >= 15 is 0 Å². The molecule has 0 unspecified atom stereocenters. The fraction of sp³-hybridized carbons (Fsp3) is 0.273. The van der Waals surface area contributed by atoms with E-state index in [0.717, 1.165) is 12.2 Å². The van der Waals surface area contributed by atoms with E-state index in [1.165, 1.54) is 6.20 Å². The van der Waals surface area contributed by atoms with Crippen LogP contribution in [0.15, 0.2) is 24.7 Å². The van der Waals surface area contributed by atoms with E-state index in [9.17, 15) is 4.79 Å². The molecule has 88 valence electrons. The molecule has 1 N–H and O–H groups in total. The zero-order chi connectivity index (χ0) is 12.3. The number of carbonyl (C=O) groups excluding carboxylic acids is 1. The number of aryl methyl sites for hydroxylation is 2. The summed E-state index contributed by atoms with van der Waals surface area (Å²) >= 11 is 0. The van der Waals surface area contributed by atoms with Gasteiger partial charge in [-0.2, -0.15) is 5.10 Å². The topological polar surface area (TPSA) is 72.7 Å². The van der Waals surface area contributed by atoms with Crippen molar-refractivity contribution in [3.63, 3.8) is 0 Å². The summed E-state index contributed by atoms with van der Waals surface area (Å²) < 4.78 is 1.69. The molecule has 0 atom stereocenters. The van der Waals surface area contributed by atoms with Crippen molar-refractivity contribution in [3.05, 3.63) is 35.9 Å². The first-order chi connectivity index (χ1) is 8.19. The lowest BCUT2D eigenvalue weighted by molar-refractivity contribution is 0.102. The Kier molecular flexibility index (Phi) is 3.13. The van der Waals surface area contributed by atoms with Crippen LogP contribution in [-0.4, -0.2) is 25.7 Å². The van der Waals surface area contributed by atoms with Crippen molar-refractivity contribution in [2.24, 2.45) is 0 Å². The zero-order valence-electron chi connectivity index (χ0n) is 9.71. The summed E-state index contributed by atoms with van der Waals surface area (Å²) in [6.45, 7) is 4.53. The standard InChI is InChI=1S/C11H13N5O/c1-3-16-7-9(6-13-16)10(17)15-11-12-5-4-8(2)14-11/h4-7H,3H2,1-2H3,(H,12,14,15,17). The number of rotatable bonds is 3. The van der Waals surface area contributed by atoms with Crippen molar-refractivity contribution in [2.45, 2.75) is 20.4 Å². The Labute approximate surface area is 98.7 Å². The number of anilines is 1. The molecular formula is C11H13N5O. The summed E-state index contributed by atoms with van der Waals surface area (Å²) in [7, 11) is 0. The lowest BCUT2D eigenvalue weighted by atomic mass is 10.3. The Morgan fingerprint density at radius 2 is 2.35 bits per heavy atom. The number of aromatic nitrogens is 4. The predicted octanol–water partition coefficient (Wildman–Crippen LogP) is 1.25. The molecule has 0 bridgehead atoms. The summed E-state index contributed by atoms with van der Waals surface area (Å²) in [5.74, 6) is 0.0505. The molecule has 6 heteroatoms. The summed E-state index contributed by atoms with van der Waals surface area (Å²) in [6.07, 6.45) is 4.81. The molecule has 2 aromatic rings. The Morgan fingerprint density at radius 3 is 3.00 bits per heavy atom. The molecule has 2 aromatic heterocycles. The van der Waals surface area contributed by atoms with E-state index in [2.05, 4.69) is 20.4 Å². The van der Waals surface area contributed by atoms with Gasteiger partial charge in [0.1, 0.15) is 0 Å². The third-order valence-electron chi connectivity index (χ3n) is 2.24. The Balaban J connectivity index is 2.11. The van der Waals surface area contributed by atoms with Crippen molar-refractivity contribution in [2.75, 3.05) is 5.32 Å². The molecule has 0 aliphatic carbocycles. The van der Waals surface area contributed by atoms with Gasteiger partial charge in [0.25, 0.3) is 5.91 Å². The van der Waals surface area contributed by atoms with Gasteiger partial charge in [0.15, 0.2) is 0 Å². The first-order valence-corrected chi connectivity index (χ1v) is 5.32. The Hall–Kier alpha value is -2.24. The molecule has 2 heterocycles. The number of nitrogens with one attached hydrogen (secondary N) is 1. The van der Waals surface area contributed by atoms with Crippen LogP contribution in [0.4, 0.5) is 5.95 Å². The summed E-state index contributed by atoms with van der Waals surface area (Å²) in [4.78, 5) is 19.9. The fourth-order valence-electron chi connectivity index (χ4n) is 1.34. The number of hydrogen-bond acceptors (Lipinski definition) is 4. The van der Waals surface area contributed by atoms with E-state index in [1.807, 2.05) is 13.8 Å². The van der Waals surface area contributed by atoms with Crippen LogP contribution in [0.2, 0.25) is 0 Å². The fourth-order valence-corrected chi connectivity index (χ4v) is 1.34. The molecule has 0 saturated heterocycles. The maximum Gasteiger partial charge on any atom is 0.261 e. The van der Waals surface area contributed by atoms with Crippen molar-refractivity contribution in [3.8, 4) is 0 Å². The van der Waals surface area contributed by atoms with Gasteiger partial charge in [0.05, 0.1) is 11.8 Å². The van der Waals surface area contributed by atoms with Crippen LogP contribution in [0.1, 0.15) is 23.0 Å². The second kappa shape index (κ2) is 4.73. The zero-order valence-corrected chi connectivity index (χ0v) is 9.71. The van der Waals surface area contributed by atoms with Crippen molar-refractivity contribution in [1.82, 2.24) is 19.7 Å². The van der Waals surface area contributed by atoms with E-state index in [-0.39, 0.29) is 5.91 Å². The Bertz CT molecular complexity index is 534. The van der Waals surface area contributed by atoms with Crippen LogP contribution >= 0.6 is 0 Å². The highest BCUT2D eigenvalue weighted by Gasteiger charge is 2.09. The molecule has 0 fully saturated rings. The van der Waals surface area contributed by atoms with Gasteiger partial charge < -0.3 is 0 Å². The predicted molar refractivity (Wildman–Crippen MR) is 62.6 cm³/mol. The van der Waals surface area contributed by atoms with Crippen LogP contribution in [-0.2, 0) is 6.54 Å². The SMILES string of the molecule is CCn1cc(C(=O)Nc2nccc(C)n2)cn1. The largest absolute Gasteiger partial charge is 0.290 e. The molecule has 6 nitrogen and oxygen atoms in total. The second-order valence-corrected chi connectivity index (χ2v) is 3.56. The van der Waals surface area contributed by atoms with Crippen LogP contribution in [0.25, 0.3) is 0 Å². The molecular weight excluding hydrogens is 218 g/mol. The van der Waals surface area contributed by atoms with Gasteiger partial charge in [-0.05, 0) is 19.9 Å². The van der Waals surface area contributed by atoms with Gasteiger partial charge in [0, 0.05) is 24.6 Å². The molecule has 0 radical (unpaired) electrons. The minimum absolute atomic E-state index is 0.254. The normalized spacial score (nSPS) is 10.2. The maximum atomic E-state index is 11.8. The van der Waals surface area contributed by atoms with E-state index in [4.69, 9.17) is 0 Å². The van der Waals surface area contributed by atoms with Crippen LogP contribution < -0.4 is 5.32 Å². The smallest absolute Gasteiger partial charge is 0.261 e. The lowest BCUT2D eigenvalue weighted by Crippen LogP contribution is -2.13. The molecule has 0 aliphatic rings. The quantitative estimate of drug-likeness (QED) is 0.862. The van der Waals surface area contributed by atoms with Crippen LogP contribution in [0.5, 0.6) is 0 Å². The first kappa shape index (κ1) is 11.3. The summed E-state index contributed by atoms with van der Waals surface area (Å²) in [5.41, 5.74) is 1.30. The molecule has 0 saturated carbocycles. The van der Waals surface area contributed by atoms with Crippen molar-refractivity contribution in [1.29, 1.82) is 0 Å². The number of carbonyl (C=O) groups is 1. The summed E-state index contributed by atoms with van der Waals surface area (Å²) in [5, 5.41) is 6.65. The molecule has 1 amide bonds. The minimum atomic E-state index is -0.254. The third-order valence-corrected chi connectivity index (χ3v) is 2.24. The van der Waals surface area contributed by atoms with Gasteiger partial charge in [-0.3, -0.25) is 14.8 Å². The van der Waals surface area contributed by atoms with Crippen LogP contribution in [0.3, 0.4) is 0 Å². The van der Waals surface area contributed by atoms with Crippen molar-refractivity contribution >= 4 is 11.9 Å². The highest BCUT2D eigenvalue weighted by atomic mass is 16.1. The number of hydrogen-bond donors (Lipinski definition) is 1. The van der Waals surface area contributed by atoms with Crippen molar-refractivity contribution < 1.29 is 4.79 Å². The molecule has 0 aromatic carbocycles. The van der Waals surface area contributed by atoms with Gasteiger partial charge in [-0.15, -0.1) is 0 Å². The lowest BCUT2D eigenvalue weighted by Gasteiger charge is -2.01. The average Bonchev–Trinajstić information content (AvgIpc) is 2.77. The molecule has 17 heavy (non-hydrogen) atoms. The van der Waals surface area contributed by atoms with Gasteiger partial charge >= 0.3 is 0 Å². The molecule has 2 rings (SSSR count). The first-order valence-electron chi connectivity index (χ1n) is 5.32. The van der Waals surface area contributed by atoms with E-state index < -0.39 is 0 Å². The minimum Gasteiger partial charge on any atom is -0.290 e. The highest BCUT2D eigenvalue weighted by Crippen LogP contribution is 2.04. The third kappa shape index (κ3) is 2.66. The number of nitrogens with zero attached hydrogens (tertiary/aromatic N) is 4. The van der Waals surface area contributed by atoms with Crippen LogP contribution in [0, 0.1) is 6.92 Å². The van der Waals surface area contributed by atoms with Gasteiger partial charge in [0.2, 0.25) is 5.95 Å². The van der Waals surface area contributed by atoms with Gasteiger partial charge in [-0.1, -0.05) is 0 Å². The highest BCUT2D eigenvalue weighted by molar-refractivity contribution is 6.02. The monoisotopic (exact) mass is 231 g/mol. The van der Waals surface area contributed by atoms with Gasteiger partial charge in [-0.25, -0.2) is 9.97 Å². The maximum absolute atomic E-state index is 11.8. The second-order valence-electron chi connectivity index (χ2n) is 3.56. The van der Waals surface area contributed by atoms with E-state index in [1.54, 1.807) is 23.1 Å². The number of amides is 1. The average molecular weight is 231 g/mol. The van der Waals surface area contributed by atoms with E-state index in [0.29, 0.717) is 11.5 Å². The molecule has 0 spiro atoms.